The molecule has 2 heterocycles. The largest absolute Gasteiger partial charge is 0.325 e. The van der Waals surface area contributed by atoms with E-state index >= 15 is 0 Å². The lowest BCUT2D eigenvalue weighted by atomic mass is 10.1. The van der Waals surface area contributed by atoms with E-state index in [1.807, 2.05) is 32.0 Å². The molecule has 29 heavy (non-hydrogen) atoms. The molecular weight excluding hydrogens is 394 g/mol. The molecule has 0 radical (unpaired) electrons. The number of nitro groups is 1. The average molecular weight is 415 g/mol. The number of aryl methyl sites for hydroxylation is 2. The number of hydrogen-bond acceptors (Lipinski definition) is 5. The summed E-state index contributed by atoms with van der Waals surface area (Å²) in [6.07, 6.45) is 0. The van der Waals surface area contributed by atoms with E-state index in [0.717, 1.165) is 11.1 Å². The molecule has 2 aromatic rings. The quantitative estimate of drug-likeness (QED) is 0.434. The molecule has 152 valence electrons. The zero-order valence-electron chi connectivity index (χ0n) is 16.1. The molecule has 2 aliphatic heterocycles. The van der Waals surface area contributed by atoms with Crippen LogP contribution in [0.2, 0.25) is 0 Å². The molecule has 2 aromatic carbocycles. The number of nitrogens with zero attached hydrogens (tertiary/aromatic N) is 3. The standard InChI is InChI=1S/C20H21N3O5S/c1-13-6-14(2)8-17(7-13)22-19-12-29(27,28)11-18(19)21(20(22)24)10-15-4-3-5-16(9-15)23(25)26/h3-9,18-19H,10-12H2,1-2H3/t18-,19-/m1/s1. The molecule has 2 atom stereocenters. The highest BCUT2D eigenvalue weighted by atomic mass is 32.2. The van der Waals surface area contributed by atoms with Crippen molar-refractivity contribution in [3.05, 3.63) is 69.3 Å². The van der Waals surface area contributed by atoms with E-state index in [1.165, 1.54) is 17.0 Å². The fraction of sp³-hybridized carbons (Fsp3) is 0.350. The Morgan fingerprint density at radius 1 is 1.07 bits per heavy atom. The van der Waals surface area contributed by atoms with Crippen molar-refractivity contribution in [2.24, 2.45) is 0 Å². The molecule has 0 spiro atoms. The molecule has 2 fully saturated rings. The minimum absolute atomic E-state index is 0.0593. The number of carbonyl (C=O) groups excluding carboxylic acids is 1. The minimum Gasteiger partial charge on any atom is -0.314 e. The predicted octanol–water partition coefficient (Wildman–Crippen LogP) is 2.82. The van der Waals surface area contributed by atoms with E-state index in [2.05, 4.69) is 0 Å². The highest BCUT2D eigenvalue weighted by Crippen LogP contribution is 2.36. The van der Waals surface area contributed by atoms with Crippen molar-refractivity contribution in [3.63, 3.8) is 0 Å². The van der Waals surface area contributed by atoms with Crippen LogP contribution in [-0.4, -0.2) is 47.9 Å². The van der Waals surface area contributed by atoms with Gasteiger partial charge in [0.1, 0.15) is 0 Å². The van der Waals surface area contributed by atoms with Crippen LogP contribution in [0.15, 0.2) is 42.5 Å². The monoisotopic (exact) mass is 415 g/mol. The van der Waals surface area contributed by atoms with E-state index in [0.29, 0.717) is 11.3 Å². The third-order valence-corrected chi connectivity index (χ3v) is 7.14. The molecule has 2 saturated heterocycles. The number of rotatable bonds is 4. The third kappa shape index (κ3) is 3.57. The van der Waals surface area contributed by atoms with Crippen molar-refractivity contribution in [1.82, 2.24) is 4.90 Å². The van der Waals surface area contributed by atoms with Gasteiger partial charge in [0, 0.05) is 24.4 Å². The predicted molar refractivity (Wildman–Crippen MR) is 109 cm³/mol. The molecule has 2 aliphatic rings. The average Bonchev–Trinajstić information content (AvgIpc) is 3.05. The number of urea groups is 1. The lowest BCUT2D eigenvalue weighted by Gasteiger charge is -2.23. The van der Waals surface area contributed by atoms with Crippen molar-refractivity contribution in [2.45, 2.75) is 32.5 Å². The molecule has 0 bridgehead atoms. The third-order valence-electron chi connectivity index (χ3n) is 5.44. The van der Waals surface area contributed by atoms with Gasteiger partial charge in [0.05, 0.1) is 28.5 Å². The van der Waals surface area contributed by atoms with Crippen molar-refractivity contribution in [1.29, 1.82) is 0 Å². The summed E-state index contributed by atoms with van der Waals surface area (Å²) >= 11 is 0. The number of carbonyl (C=O) groups is 1. The maximum atomic E-state index is 13.3. The molecule has 0 N–H and O–H groups in total. The normalized spacial score (nSPS) is 22.8. The molecule has 0 aliphatic carbocycles. The van der Waals surface area contributed by atoms with Gasteiger partial charge in [-0.2, -0.15) is 0 Å². The fourth-order valence-corrected chi connectivity index (χ4v) is 6.27. The zero-order valence-corrected chi connectivity index (χ0v) is 16.9. The summed E-state index contributed by atoms with van der Waals surface area (Å²) in [5.41, 5.74) is 3.19. The van der Waals surface area contributed by atoms with Gasteiger partial charge in [-0.25, -0.2) is 13.2 Å². The van der Waals surface area contributed by atoms with Crippen molar-refractivity contribution in [2.75, 3.05) is 16.4 Å². The molecule has 0 unspecified atom stereocenters. The topological polar surface area (TPSA) is 101 Å². The van der Waals surface area contributed by atoms with Gasteiger partial charge in [0.25, 0.3) is 5.69 Å². The van der Waals surface area contributed by atoms with E-state index in [9.17, 15) is 23.3 Å². The van der Waals surface area contributed by atoms with Crippen LogP contribution in [-0.2, 0) is 16.4 Å². The van der Waals surface area contributed by atoms with E-state index in [4.69, 9.17) is 0 Å². The van der Waals surface area contributed by atoms with E-state index in [1.54, 1.807) is 17.0 Å². The second-order valence-corrected chi connectivity index (χ2v) is 9.92. The van der Waals surface area contributed by atoms with Crippen molar-refractivity contribution < 1.29 is 18.1 Å². The highest BCUT2D eigenvalue weighted by Gasteiger charge is 2.53. The number of anilines is 1. The Kier molecular flexibility index (Phi) is 4.57. The zero-order chi connectivity index (χ0) is 20.9. The summed E-state index contributed by atoms with van der Waals surface area (Å²) < 4.78 is 24.7. The minimum atomic E-state index is -3.28. The summed E-state index contributed by atoms with van der Waals surface area (Å²) in [6, 6.07) is 10.6. The van der Waals surface area contributed by atoms with Crippen LogP contribution in [0.4, 0.5) is 16.2 Å². The molecule has 0 saturated carbocycles. The number of hydrogen-bond donors (Lipinski definition) is 0. The fourth-order valence-electron chi connectivity index (χ4n) is 4.32. The summed E-state index contributed by atoms with van der Waals surface area (Å²) in [5.74, 6) is -0.179. The van der Waals surface area contributed by atoms with Crippen LogP contribution in [0, 0.1) is 24.0 Å². The van der Waals surface area contributed by atoms with Gasteiger partial charge in [-0.3, -0.25) is 15.0 Å². The Bertz CT molecular complexity index is 1090. The van der Waals surface area contributed by atoms with Crippen LogP contribution >= 0.6 is 0 Å². The van der Waals surface area contributed by atoms with Gasteiger partial charge in [-0.15, -0.1) is 0 Å². The Balaban J connectivity index is 1.72. The Morgan fingerprint density at radius 2 is 1.72 bits per heavy atom. The maximum Gasteiger partial charge on any atom is 0.325 e. The van der Waals surface area contributed by atoms with Gasteiger partial charge in [0.15, 0.2) is 9.84 Å². The van der Waals surface area contributed by atoms with E-state index in [-0.39, 0.29) is 29.8 Å². The summed E-state index contributed by atoms with van der Waals surface area (Å²) in [4.78, 5) is 27.0. The summed E-state index contributed by atoms with van der Waals surface area (Å²) in [6.45, 7) is 3.99. The van der Waals surface area contributed by atoms with Crippen LogP contribution in [0.25, 0.3) is 0 Å². The first kappa shape index (κ1) is 19.4. The van der Waals surface area contributed by atoms with Gasteiger partial charge in [0.2, 0.25) is 0 Å². The Morgan fingerprint density at radius 3 is 2.38 bits per heavy atom. The second-order valence-electron chi connectivity index (χ2n) is 7.76. The van der Waals surface area contributed by atoms with Gasteiger partial charge < -0.3 is 4.90 Å². The lowest BCUT2D eigenvalue weighted by molar-refractivity contribution is -0.384. The van der Waals surface area contributed by atoms with Crippen LogP contribution in [0.5, 0.6) is 0 Å². The molecule has 4 rings (SSSR count). The first-order valence-corrected chi connectivity index (χ1v) is 11.1. The van der Waals surface area contributed by atoms with Gasteiger partial charge in [-0.1, -0.05) is 18.2 Å². The lowest BCUT2D eigenvalue weighted by Crippen LogP contribution is -2.37. The summed E-state index contributed by atoms with van der Waals surface area (Å²) in [5, 5.41) is 11.1. The number of non-ortho nitro benzene ring substituents is 1. The smallest absolute Gasteiger partial charge is 0.314 e. The first-order valence-electron chi connectivity index (χ1n) is 9.26. The van der Waals surface area contributed by atoms with Crippen LogP contribution in [0.3, 0.4) is 0 Å². The maximum absolute atomic E-state index is 13.3. The SMILES string of the molecule is Cc1cc(C)cc(N2C(=O)N(Cc3cccc([N+](=O)[O-])c3)[C@@H]3CS(=O)(=O)C[C@H]32)c1. The molecule has 9 heteroatoms. The number of sulfone groups is 1. The number of fused-ring (bicyclic) bond motifs is 1. The summed E-state index contributed by atoms with van der Waals surface area (Å²) in [7, 11) is -3.28. The van der Waals surface area contributed by atoms with Crippen molar-refractivity contribution in [3.8, 4) is 0 Å². The van der Waals surface area contributed by atoms with E-state index < -0.39 is 26.8 Å². The highest BCUT2D eigenvalue weighted by molar-refractivity contribution is 7.91. The van der Waals surface area contributed by atoms with Gasteiger partial charge in [-0.05, 0) is 42.7 Å². The number of amides is 2. The van der Waals surface area contributed by atoms with Crippen LogP contribution < -0.4 is 4.90 Å². The van der Waals surface area contributed by atoms with Gasteiger partial charge >= 0.3 is 6.03 Å². The second kappa shape index (κ2) is 6.84. The van der Waals surface area contributed by atoms with Crippen LogP contribution in [0.1, 0.15) is 16.7 Å². The Labute approximate surface area is 168 Å². The van der Waals surface area contributed by atoms with Crippen molar-refractivity contribution >= 4 is 27.2 Å². The molecule has 0 aromatic heterocycles. The Hall–Kier alpha value is -2.94. The molecular formula is C20H21N3O5S. The molecule has 2 amide bonds. The number of nitro benzene ring substituents is 1. The molecule has 8 nitrogen and oxygen atoms in total. The first-order chi connectivity index (χ1) is 13.6. The number of benzene rings is 2.